The van der Waals surface area contributed by atoms with E-state index in [9.17, 15) is 9.18 Å². The highest BCUT2D eigenvalue weighted by Crippen LogP contribution is 2.30. The standard InChI is InChI=1S/C27H30FN5O/c1-4-7-22(8-5-2)29-25-24-26(31-23(17-34)30-25)32-27(20-10-6-9-18(3)15-20)33(24)16-19-11-13-21(28)14-12-19/h6,9-15,17,22H,4-5,7-8,16H2,1-3H3,(H,29,30,31). The van der Waals surface area contributed by atoms with E-state index in [1.165, 1.54) is 12.1 Å². The van der Waals surface area contributed by atoms with Crippen LogP contribution in [0.4, 0.5) is 10.2 Å². The molecule has 2 aromatic carbocycles. The van der Waals surface area contributed by atoms with Crippen LogP contribution in [0.2, 0.25) is 0 Å². The number of benzene rings is 2. The van der Waals surface area contributed by atoms with Crippen LogP contribution < -0.4 is 5.32 Å². The van der Waals surface area contributed by atoms with Crippen LogP contribution in [0, 0.1) is 12.7 Å². The van der Waals surface area contributed by atoms with E-state index in [-0.39, 0.29) is 17.7 Å². The molecule has 0 aliphatic carbocycles. The number of carbonyl (C=O) groups is 1. The maximum absolute atomic E-state index is 13.6. The lowest BCUT2D eigenvalue weighted by molar-refractivity contribution is 0.111. The summed E-state index contributed by atoms with van der Waals surface area (Å²) in [5.41, 5.74) is 4.19. The van der Waals surface area contributed by atoms with Crippen LogP contribution in [-0.2, 0) is 6.54 Å². The molecule has 6 nitrogen and oxygen atoms in total. The molecule has 1 N–H and O–H groups in total. The Morgan fingerprint density at radius 1 is 1.03 bits per heavy atom. The lowest BCUT2D eigenvalue weighted by Crippen LogP contribution is -2.21. The number of aromatic nitrogens is 4. The third kappa shape index (κ3) is 5.14. The van der Waals surface area contributed by atoms with Crippen LogP contribution in [0.1, 0.15) is 61.3 Å². The zero-order chi connectivity index (χ0) is 24.1. The van der Waals surface area contributed by atoms with Gasteiger partial charge in [0.25, 0.3) is 0 Å². The van der Waals surface area contributed by atoms with Crippen LogP contribution >= 0.6 is 0 Å². The van der Waals surface area contributed by atoms with Gasteiger partial charge in [0.2, 0.25) is 0 Å². The maximum Gasteiger partial charge on any atom is 0.196 e. The molecule has 0 atom stereocenters. The molecule has 0 unspecified atom stereocenters. The van der Waals surface area contributed by atoms with E-state index >= 15 is 0 Å². The van der Waals surface area contributed by atoms with Gasteiger partial charge in [-0.05, 0) is 43.5 Å². The number of fused-ring (bicyclic) bond motifs is 1. The molecule has 0 aliphatic heterocycles. The van der Waals surface area contributed by atoms with Gasteiger partial charge < -0.3 is 9.88 Å². The van der Waals surface area contributed by atoms with Crippen molar-refractivity contribution in [3.63, 3.8) is 0 Å². The molecule has 4 rings (SSSR count). The molecule has 4 aromatic rings. The van der Waals surface area contributed by atoms with Crippen LogP contribution in [0.25, 0.3) is 22.6 Å². The summed E-state index contributed by atoms with van der Waals surface area (Å²) in [4.78, 5) is 25.5. The predicted molar refractivity (Wildman–Crippen MR) is 134 cm³/mol. The Morgan fingerprint density at radius 2 is 1.76 bits per heavy atom. The maximum atomic E-state index is 13.6. The topological polar surface area (TPSA) is 72.7 Å². The van der Waals surface area contributed by atoms with Gasteiger partial charge in [-0.2, -0.15) is 0 Å². The van der Waals surface area contributed by atoms with E-state index in [0.29, 0.717) is 24.3 Å². The molecule has 0 spiro atoms. The van der Waals surface area contributed by atoms with Gasteiger partial charge in [0.05, 0.1) is 0 Å². The second-order valence-corrected chi connectivity index (χ2v) is 8.66. The van der Waals surface area contributed by atoms with Crippen molar-refractivity contribution in [3.8, 4) is 11.4 Å². The van der Waals surface area contributed by atoms with Crippen LogP contribution in [0.3, 0.4) is 0 Å². The molecule has 7 heteroatoms. The Morgan fingerprint density at radius 3 is 2.41 bits per heavy atom. The van der Waals surface area contributed by atoms with Gasteiger partial charge in [-0.25, -0.2) is 19.3 Å². The quantitative estimate of drug-likeness (QED) is 0.287. The van der Waals surface area contributed by atoms with Gasteiger partial charge in [-0.15, -0.1) is 0 Å². The number of carbonyl (C=O) groups excluding carboxylic acids is 1. The number of rotatable bonds is 10. The average molecular weight is 460 g/mol. The summed E-state index contributed by atoms with van der Waals surface area (Å²) in [6, 6.07) is 14.8. The predicted octanol–water partition coefficient (Wildman–Crippen LogP) is 6.18. The molecule has 0 saturated heterocycles. The Kier molecular flexibility index (Phi) is 7.30. The number of nitrogens with one attached hydrogen (secondary N) is 1. The lowest BCUT2D eigenvalue weighted by Gasteiger charge is -2.19. The van der Waals surface area contributed by atoms with Crippen LogP contribution in [-0.4, -0.2) is 31.8 Å². The summed E-state index contributed by atoms with van der Waals surface area (Å²) < 4.78 is 15.6. The smallest absolute Gasteiger partial charge is 0.196 e. The summed E-state index contributed by atoms with van der Waals surface area (Å²) >= 11 is 0. The number of imidazole rings is 1. The van der Waals surface area contributed by atoms with E-state index < -0.39 is 0 Å². The normalized spacial score (nSPS) is 11.3. The second kappa shape index (κ2) is 10.5. The number of hydrogen-bond donors (Lipinski definition) is 1. The Hall–Kier alpha value is -3.61. The van der Waals surface area contributed by atoms with Crippen LogP contribution in [0.15, 0.2) is 48.5 Å². The monoisotopic (exact) mass is 459 g/mol. The second-order valence-electron chi connectivity index (χ2n) is 8.66. The molecule has 176 valence electrons. The van der Waals surface area contributed by atoms with E-state index in [4.69, 9.17) is 4.98 Å². The Labute approximate surface area is 199 Å². The van der Waals surface area contributed by atoms with Crippen molar-refractivity contribution in [2.75, 3.05) is 5.32 Å². The molecule has 0 amide bonds. The number of nitrogens with zero attached hydrogens (tertiary/aromatic N) is 4. The van der Waals surface area contributed by atoms with E-state index in [2.05, 4.69) is 39.8 Å². The molecule has 0 fully saturated rings. The summed E-state index contributed by atoms with van der Waals surface area (Å²) in [5, 5.41) is 3.58. The largest absolute Gasteiger partial charge is 0.365 e. The van der Waals surface area contributed by atoms with Crippen molar-refractivity contribution in [3.05, 3.63) is 71.3 Å². The first-order chi connectivity index (χ1) is 16.5. The molecule has 0 bridgehead atoms. The number of halogens is 1. The molecule has 0 saturated carbocycles. The summed E-state index contributed by atoms with van der Waals surface area (Å²) in [6.45, 7) is 6.81. The minimum absolute atomic E-state index is 0.101. The van der Waals surface area contributed by atoms with Crippen molar-refractivity contribution in [2.45, 2.75) is 59.0 Å². The first-order valence-corrected chi connectivity index (χ1v) is 11.8. The SMILES string of the molecule is CCCC(CCC)Nc1nc(C=O)nc2nc(-c3cccc(C)c3)n(Cc3ccc(F)cc3)c12. The van der Waals surface area contributed by atoms with Gasteiger partial charge >= 0.3 is 0 Å². The third-order valence-corrected chi connectivity index (χ3v) is 5.87. The number of anilines is 1. The fraction of sp³-hybridized carbons (Fsp3) is 0.333. The zero-order valence-electron chi connectivity index (χ0n) is 19.9. The van der Waals surface area contributed by atoms with Crippen LogP contribution in [0.5, 0.6) is 0 Å². The summed E-state index contributed by atoms with van der Waals surface area (Å²) in [5.74, 6) is 1.16. The highest BCUT2D eigenvalue weighted by molar-refractivity contribution is 5.89. The molecular weight excluding hydrogens is 429 g/mol. The Bertz CT molecular complexity index is 1280. The van der Waals surface area contributed by atoms with Crippen molar-refractivity contribution < 1.29 is 9.18 Å². The van der Waals surface area contributed by atoms with E-state index in [1.54, 1.807) is 12.1 Å². The number of hydrogen-bond acceptors (Lipinski definition) is 5. The lowest BCUT2D eigenvalue weighted by atomic mass is 10.1. The minimum atomic E-state index is -0.276. The number of aldehydes is 1. The van der Waals surface area contributed by atoms with Crippen molar-refractivity contribution >= 4 is 23.3 Å². The Balaban J connectivity index is 1.93. The summed E-state index contributed by atoms with van der Waals surface area (Å²) in [6.07, 6.45) is 4.72. The highest BCUT2D eigenvalue weighted by atomic mass is 19.1. The molecule has 34 heavy (non-hydrogen) atoms. The van der Waals surface area contributed by atoms with Gasteiger partial charge in [0, 0.05) is 18.2 Å². The molecule has 0 aliphatic rings. The molecule has 2 heterocycles. The van der Waals surface area contributed by atoms with Gasteiger partial charge in [-0.3, -0.25) is 4.79 Å². The fourth-order valence-electron chi connectivity index (χ4n) is 4.32. The van der Waals surface area contributed by atoms with E-state index in [1.807, 2.05) is 25.1 Å². The van der Waals surface area contributed by atoms with Gasteiger partial charge in [-0.1, -0.05) is 62.6 Å². The molecule has 0 radical (unpaired) electrons. The third-order valence-electron chi connectivity index (χ3n) is 5.87. The zero-order valence-corrected chi connectivity index (χ0v) is 19.9. The van der Waals surface area contributed by atoms with E-state index in [0.717, 1.165) is 53.7 Å². The van der Waals surface area contributed by atoms with Crippen molar-refractivity contribution in [1.82, 2.24) is 19.5 Å². The fourth-order valence-corrected chi connectivity index (χ4v) is 4.32. The average Bonchev–Trinajstić information content (AvgIpc) is 3.19. The summed E-state index contributed by atoms with van der Waals surface area (Å²) in [7, 11) is 0. The highest BCUT2D eigenvalue weighted by Gasteiger charge is 2.21. The van der Waals surface area contributed by atoms with Crippen molar-refractivity contribution in [2.24, 2.45) is 0 Å². The van der Waals surface area contributed by atoms with Gasteiger partial charge in [0.15, 0.2) is 23.6 Å². The van der Waals surface area contributed by atoms with Crippen molar-refractivity contribution in [1.29, 1.82) is 0 Å². The first kappa shape index (κ1) is 23.5. The first-order valence-electron chi connectivity index (χ1n) is 11.8. The number of aryl methyl sites for hydroxylation is 1. The molecular formula is C27H30FN5O. The minimum Gasteiger partial charge on any atom is -0.365 e. The molecule has 2 aromatic heterocycles. The van der Waals surface area contributed by atoms with Gasteiger partial charge in [0.1, 0.15) is 17.2 Å².